The summed E-state index contributed by atoms with van der Waals surface area (Å²) < 4.78 is 22.5. The number of nitrogens with zero attached hydrogens (tertiary/aromatic N) is 1. The molecule has 1 rings (SSSR count). The van der Waals surface area contributed by atoms with E-state index >= 15 is 0 Å². The van der Waals surface area contributed by atoms with Gasteiger partial charge in [-0.15, -0.1) is 11.8 Å². The predicted molar refractivity (Wildman–Crippen MR) is 73.5 cm³/mol. The Morgan fingerprint density at radius 3 is 2.72 bits per heavy atom. The van der Waals surface area contributed by atoms with Crippen LogP contribution < -0.4 is 0 Å². The highest BCUT2D eigenvalue weighted by atomic mass is 32.2. The molecule has 1 amide bonds. The molecule has 7 heteroatoms. The van der Waals surface area contributed by atoms with E-state index in [0.29, 0.717) is 25.1 Å². The fourth-order valence-corrected chi connectivity index (χ4v) is 5.28. The van der Waals surface area contributed by atoms with Gasteiger partial charge in [0.1, 0.15) is 0 Å². The van der Waals surface area contributed by atoms with Gasteiger partial charge in [0, 0.05) is 18.8 Å². The highest BCUT2D eigenvalue weighted by molar-refractivity contribution is 8.02. The van der Waals surface area contributed by atoms with Crippen LogP contribution in [0.5, 0.6) is 0 Å². The lowest BCUT2D eigenvalue weighted by atomic mass is 10.3. The smallest absolute Gasteiger partial charge is 0.232 e. The summed E-state index contributed by atoms with van der Waals surface area (Å²) >= 11 is 1.42. The molecule has 0 radical (unpaired) electrons. The average Bonchev–Trinajstić information content (AvgIpc) is 2.62. The van der Waals surface area contributed by atoms with E-state index in [2.05, 4.69) is 0 Å². The Kier molecular flexibility index (Phi) is 5.94. The standard InChI is InChI=1S/C11H21NO4S2/c1-9(13)3-5-12(2)11(14)7-17-10-4-6-18(15,16)8-10/h9-10,13H,3-8H2,1-2H3. The van der Waals surface area contributed by atoms with Gasteiger partial charge < -0.3 is 10.0 Å². The van der Waals surface area contributed by atoms with Crippen LogP contribution in [0, 0.1) is 0 Å². The van der Waals surface area contributed by atoms with Crippen LogP contribution in [-0.2, 0) is 14.6 Å². The van der Waals surface area contributed by atoms with E-state index in [4.69, 9.17) is 5.11 Å². The third-order valence-corrected chi connectivity index (χ3v) is 6.21. The Morgan fingerprint density at radius 2 is 2.22 bits per heavy atom. The maximum atomic E-state index is 11.7. The van der Waals surface area contributed by atoms with Gasteiger partial charge >= 0.3 is 0 Å². The van der Waals surface area contributed by atoms with Gasteiger partial charge in [-0.25, -0.2) is 8.42 Å². The zero-order chi connectivity index (χ0) is 13.8. The fraction of sp³-hybridized carbons (Fsp3) is 0.909. The van der Waals surface area contributed by atoms with Crippen LogP contribution in [0.3, 0.4) is 0 Å². The average molecular weight is 295 g/mol. The molecule has 1 fully saturated rings. The maximum absolute atomic E-state index is 11.7. The number of aliphatic hydroxyl groups is 1. The summed E-state index contributed by atoms with van der Waals surface area (Å²) in [5, 5.41) is 9.19. The monoisotopic (exact) mass is 295 g/mol. The minimum absolute atomic E-state index is 0.00931. The van der Waals surface area contributed by atoms with Gasteiger partial charge in [0.25, 0.3) is 0 Å². The van der Waals surface area contributed by atoms with E-state index in [0.717, 1.165) is 0 Å². The number of carbonyl (C=O) groups excluding carboxylic acids is 1. The molecule has 1 N–H and O–H groups in total. The molecule has 1 heterocycles. The fourth-order valence-electron chi connectivity index (χ4n) is 1.70. The first-order valence-corrected chi connectivity index (χ1v) is 8.91. The number of aliphatic hydroxyl groups excluding tert-OH is 1. The van der Waals surface area contributed by atoms with Crippen LogP contribution in [0.15, 0.2) is 0 Å². The summed E-state index contributed by atoms with van der Waals surface area (Å²) in [5.41, 5.74) is 0. The quantitative estimate of drug-likeness (QED) is 0.754. The first-order chi connectivity index (χ1) is 8.30. The lowest BCUT2D eigenvalue weighted by Gasteiger charge is -2.18. The summed E-state index contributed by atoms with van der Waals surface area (Å²) in [6.45, 7) is 2.22. The van der Waals surface area contributed by atoms with Crippen molar-refractivity contribution in [2.45, 2.75) is 31.1 Å². The van der Waals surface area contributed by atoms with Crippen molar-refractivity contribution < 1.29 is 18.3 Å². The molecule has 0 spiro atoms. The number of amides is 1. The molecular formula is C11H21NO4S2. The zero-order valence-corrected chi connectivity index (χ0v) is 12.5. The third-order valence-electron chi connectivity index (χ3n) is 2.94. The van der Waals surface area contributed by atoms with E-state index in [9.17, 15) is 13.2 Å². The van der Waals surface area contributed by atoms with Crippen molar-refractivity contribution in [2.75, 3.05) is 30.9 Å². The number of hydrogen-bond donors (Lipinski definition) is 1. The molecule has 0 bridgehead atoms. The largest absolute Gasteiger partial charge is 0.393 e. The highest BCUT2D eigenvalue weighted by Gasteiger charge is 2.28. The third kappa shape index (κ3) is 5.58. The Hall–Kier alpha value is -0.270. The lowest BCUT2D eigenvalue weighted by Crippen LogP contribution is -2.31. The van der Waals surface area contributed by atoms with E-state index in [-0.39, 0.29) is 22.7 Å². The van der Waals surface area contributed by atoms with Crippen LogP contribution in [0.2, 0.25) is 0 Å². The van der Waals surface area contributed by atoms with Crippen LogP contribution in [0.1, 0.15) is 19.8 Å². The van der Waals surface area contributed by atoms with Crippen molar-refractivity contribution in [2.24, 2.45) is 0 Å². The minimum atomic E-state index is -2.86. The molecule has 0 aromatic heterocycles. The second-order valence-corrected chi connectivity index (χ2v) is 8.31. The lowest BCUT2D eigenvalue weighted by molar-refractivity contribution is -0.127. The summed E-state index contributed by atoms with van der Waals surface area (Å²) in [5.74, 6) is 0.750. The van der Waals surface area contributed by atoms with Gasteiger partial charge in [-0.2, -0.15) is 0 Å². The summed E-state index contributed by atoms with van der Waals surface area (Å²) in [6.07, 6.45) is 0.801. The van der Waals surface area contributed by atoms with Crippen LogP contribution in [0.4, 0.5) is 0 Å². The normalized spacial score (nSPS) is 23.8. The van der Waals surface area contributed by atoms with Crippen molar-refractivity contribution in [3.8, 4) is 0 Å². The molecular weight excluding hydrogens is 274 g/mol. The van der Waals surface area contributed by atoms with Crippen molar-refractivity contribution in [1.82, 2.24) is 4.90 Å². The molecule has 0 aliphatic carbocycles. The highest BCUT2D eigenvalue weighted by Crippen LogP contribution is 2.24. The molecule has 1 saturated heterocycles. The summed E-state index contributed by atoms with van der Waals surface area (Å²) in [4.78, 5) is 13.3. The first-order valence-electron chi connectivity index (χ1n) is 6.04. The number of carbonyl (C=O) groups is 1. The molecule has 0 saturated carbocycles. The van der Waals surface area contributed by atoms with Crippen LogP contribution in [0.25, 0.3) is 0 Å². The van der Waals surface area contributed by atoms with Crippen molar-refractivity contribution in [1.29, 1.82) is 0 Å². The van der Waals surface area contributed by atoms with Crippen LogP contribution >= 0.6 is 11.8 Å². The van der Waals surface area contributed by atoms with E-state index < -0.39 is 15.9 Å². The molecule has 2 atom stereocenters. The summed E-state index contributed by atoms with van der Waals surface area (Å²) in [6, 6.07) is 0. The molecule has 0 aromatic rings. The molecule has 1 aliphatic rings. The number of sulfone groups is 1. The Bertz CT molecular complexity index is 381. The number of hydrogen-bond acceptors (Lipinski definition) is 5. The topological polar surface area (TPSA) is 74.7 Å². The predicted octanol–water partition coefficient (Wildman–Crippen LogP) is 0.136. The molecule has 5 nitrogen and oxygen atoms in total. The first kappa shape index (κ1) is 15.8. The Labute approximate surface area is 113 Å². The van der Waals surface area contributed by atoms with E-state index in [1.165, 1.54) is 11.8 Å². The number of thioether (sulfide) groups is 1. The van der Waals surface area contributed by atoms with Gasteiger partial charge in [-0.3, -0.25) is 4.79 Å². The second kappa shape index (κ2) is 6.77. The molecule has 2 unspecified atom stereocenters. The van der Waals surface area contributed by atoms with Crippen molar-refractivity contribution >= 4 is 27.5 Å². The Balaban J connectivity index is 2.25. The molecule has 18 heavy (non-hydrogen) atoms. The molecule has 0 aromatic carbocycles. The van der Waals surface area contributed by atoms with Crippen LogP contribution in [-0.4, -0.2) is 66.5 Å². The SMILES string of the molecule is CC(O)CCN(C)C(=O)CSC1CCS(=O)(=O)C1. The summed E-state index contributed by atoms with van der Waals surface area (Å²) in [7, 11) is -1.16. The minimum Gasteiger partial charge on any atom is -0.393 e. The molecule has 106 valence electrons. The zero-order valence-electron chi connectivity index (χ0n) is 10.8. The van der Waals surface area contributed by atoms with Gasteiger partial charge in [0.2, 0.25) is 5.91 Å². The van der Waals surface area contributed by atoms with Crippen molar-refractivity contribution in [3.05, 3.63) is 0 Å². The maximum Gasteiger partial charge on any atom is 0.232 e. The van der Waals surface area contributed by atoms with Gasteiger partial charge in [0.15, 0.2) is 9.84 Å². The van der Waals surface area contributed by atoms with Crippen molar-refractivity contribution in [3.63, 3.8) is 0 Å². The second-order valence-electron chi connectivity index (χ2n) is 4.79. The van der Waals surface area contributed by atoms with E-state index in [1.54, 1.807) is 18.9 Å². The number of rotatable bonds is 6. The van der Waals surface area contributed by atoms with Gasteiger partial charge in [-0.05, 0) is 19.8 Å². The van der Waals surface area contributed by atoms with Gasteiger partial charge in [0.05, 0.1) is 23.4 Å². The molecule has 1 aliphatic heterocycles. The van der Waals surface area contributed by atoms with Gasteiger partial charge in [-0.1, -0.05) is 0 Å². The Morgan fingerprint density at radius 1 is 1.56 bits per heavy atom. The van der Waals surface area contributed by atoms with E-state index in [1.807, 2.05) is 0 Å².